The molecule has 0 bridgehead atoms. The van der Waals surface area contributed by atoms with Crippen molar-refractivity contribution in [1.29, 1.82) is 0 Å². The summed E-state index contributed by atoms with van der Waals surface area (Å²) in [6.07, 6.45) is -0.112. The van der Waals surface area contributed by atoms with Crippen molar-refractivity contribution in [3.8, 4) is 0 Å². The molecule has 0 saturated carbocycles. The van der Waals surface area contributed by atoms with Crippen molar-refractivity contribution in [3.63, 3.8) is 0 Å². The molecular formula is C24H21FN4O5S. The molecule has 0 aliphatic carbocycles. The fraction of sp³-hybridized carbons (Fsp3) is 0.125. The van der Waals surface area contributed by atoms with Gasteiger partial charge < -0.3 is 5.32 Å². The Hall–Kier alpha value is -4.25. The third kappa shape index (κ3) is 5.14. The highest BCUT2D eigenvalue weighted by Crippen LogP contribution is 2.24. The molecule has 11 heteroatoms. The molecular weight excluding hydrogens is 475 g/mol. The van der Waals surface area contributed by atoms with E-state index in [-0.39, 0.29) is 29.2 Å². The van der Waals surface area contributed by atoms with Gasteiger partial charge >= 0.3 is 5.69 Å². The second-order valence-electron chi connectivity index (χ2n) is 7.79. The Morgan fingerprint density at radius 3 is 2.51 bits per heavy atom. The summed E-state index contributed by atoms with van der Waals surface area (Å²) in [5.74, 6) is -1.19. The van der Waals surface area contributed by atoms with Gasteiger partial charge in [0.05, 0.1) is 21.5 Å². The number of benzene rings is 3. The van der Waals surface area contributed by atoms with E-state index >= 15 is 0 Å². The van der Waals surface area contributed by atoms with Crippen LogP contribution in [-0.2, 0) is 21.4 Å². The molecule has 4 rings (SSSR count). The molecule has 35 heavy (non-hydrogen) atoms. The van der Waals surface area contributed by atoms with Gasteiger partial charge in [-0.15, -0.1) is 0 Å². The lowest BCUT2D eigenvalue weighted by Crippen LogP contribution is -2.31. The van der Waals surface area contributed by atoms with Crippen molar-refractivity contribution < 1.29 is 17.6 Å². The number of para-hydroxylation sites is 2. The summed E-state index contributed by atoms with van der Waals surface area (Å²) in [6.45, 7) is 1.57. The van der Waals surface area contributed by atoms with Crippen LogP contribution in [0.4, 0.5) is 15.8 Å². The first kappa shape index (κ1) is 23.9. The van der Waals surface area contributed by atoms with Crippen molar-refractivity contribution in [2.24, 2.45) is 0 Å². The summed E-state index contributed by atoms with van der Waals surface area (Å²) in [4.78, 5) is 38.9. The number of amides is 1. The SMILES string of the molecule is Cc1ccc(NC(=O)CCn2c(=O)[nH]c(=O)c3ccccc32)cc1S(=O)(=O)Nc1ccccc1F. The number of sulfonamides is 1. The largest absolute Gasteiger partial charge is 0.328 e. The molecule has 0 fully saturated rings. The van der Waals surface area contributed by atoms with E-state index in [2.05, 4.69) is 15.0 Å². The molecule has 0 radical (unpaired) electrons. The van der Waals surface area contributed by atoms with E-state index in [9.17, 15) is 27.2 Å². The van der Waals surface area contributed by atoms with Gasteiger partial charge in [-0.2, -0.15) is 0 Å². The average molecular weight is 497 g/mol. The lowest BCUT2D eigenvalue weighted by atomic mass is 10.2. The zero-order valence-electron chi connectivity index (χ0n) is 18.5. The Labute approximate surface area is 199 Å². The number of nitrogens with one attached hydrogen (secondary N) is 3. The molecule has 4 aromatic rings. The maximum atomic E-state index is 13.9. The topological polar surface area (TPSA) is 130 Å². The number of fused-ring (bicyclic) bond motifs is 1. The highest BCUT2D eigenvalue weighted by molar-refractivity contribution is 7.92. The number of aromatic amines is 1. The third-order valence-corrected chi connectivity index (χ3v) is 6.85. The number of halogens is 1. The Morgan fingerprint density at radius 2 is 1.74 bits per heavy atom. The number of carbonyl (C=O) groups is 1. The summed E-state index contributed by atoms with van der Waals surface area (Å²) in [7, 11) is -4.13. The van der Waals surface area contributed by atoms with E-state index in [0.29, 0.717) is 16.5 Å². The van der Waals surface area contributed by atoms with Gasteiger partial charge in [-0.3, -0.25) is 23.9 Å². The molecule has 180 valence electrons. The predicted octanol–water partition coefficient (Wildman–Crippen LogP) is 2.97. The van der Waals surface area contributed by atoms with Crippen molar-refractivity contribution in [3.05, 3.63) is 98.9 Å². The van der Waals surface area contributed by atoms with E-state index in [1.807, 2.05) is 0 Å². The van der Waals surface area contributed by atoms with Gasteiger partial charge in [0.1, 0.15) is 5.82 Å². The van der Waals surface area contributed by atoms with E-state index in [1.54, 1.807) is 31.2 Å². The van der Waals surface area contributed by atoms with E-state index in [4.69, 9.17) is 0 Å². The van der Waals surface area contributed by atoms with Crippen LogP contribution in [-0.4, -0.2) is 23.9 Å². The average Bonchev–Trinajstić information content (AvgIpc) is 2.81. The number of hydrogen-bond acceptors (Lipinski definition) is 5. The standard InChI is InChI=1S/C24H21FN4O5S/c1-15-10-11-16(14-21(15)35(33,34)28-19-8-4-3-7-18(19)25)26-22(30)12-13-29-20-9-5-2-6-17(20)23(31)27-24(29)32/h2-11,14,28H,12-13H2,1H3,(H,26,30)(H,27,31,32). The van der Waals surface area contributed by atoms with Crippen LogP contribution in [0.1, 0.15) is 12.0 Å². The normalized spacial score (nSPS) is 11.4. The third-order valence-electron chi connectivity index (χ3n) is 5.35. The number of rotatable bonds is 7. The summed E-state index contributed by atoms with van der Waals surface area (Å²) < 4.78 is 43.2. The number of nitrogens with zero attached hydrogens (tertiary/aromatic N) is 1. The van der Waals surface area contributed by atoms with E-state index < -0.39 is 33.0 Å². The Kier molecular flexibility index (Phi) is 6.52. The van der Waals surface area contributed by atoms with Gasteiger partial charge in [0.15, 0.2) is 0 Å². The number of hydrogen-bond donors (Lipinski definition) is 3. The van der Waals surface area contributed by atoms with E-state index in [1.165, 1.54) is 41.0 Å². The van der Waals surface area contributed by atoms with Crippen LogP contribution in [0, 0.1) is 12.7 Å². The van der Waals surface area contributed by atoms with Crippen molar-refractivity contribution >= 4 is 38.2 Å². The number of aryl methyl sites for hydroxylation is 2. The van der Waals surface area contributed by atoms with Gasteiger partial charge in [-0.05, 0) is 48.9 Å². The van der Waals surface area contributed by atoms with Gasteiger partial charge in [0, 0.05) is 18.7 Å². The van der Waals surface area contributed by atoms with Crippen molar-refractivity contribution in [1.82, 2.24) is 9.55 Å². The number of aromatic nitrogens is 2. The molecule has 1 aromatic heterocycles. The van der Waals surface area contributed by atoms with Gasteiger partial charge in [0.2, 0.25) is 5.91 Å². The van der Waals surface area contributed by atoms with Crippen molar-refractivity contribution in [2.75, 3.05) is 10.0 Å². The molecule has 3 aromatic carbocycles. The predicted molar refractivity (Wildman–Crippen MR) is 130 cm³/mol. The monoisotopic (exact) mass is 496 g/mol. The maximum absolute atomic E-state index is 13.9. The lowest BCUT2D eigenvalue weighted by Gasteiger charge is -2.13. The molecule has 0 unspecified atom stereocenters. The molecule has 1 heterocycles. The fourth-order valence-electron chi connectivity index (χ4n) is 3.61. The molecule has 0 atom stereocenters. The first-order chi connectivity index (χ1) is 16.7. The van der Waals surface area contributed by atoms with Crippen LogP contribution in [0.25, 0.3) is 10.9 Å². The molecule has 0 spiro atoms. The zero-order valence-corrected chi connectivity index (χ0v) is 19.4. The Morgan fingerprint density at radius 1 is 1.03 bits per heavy atom. The number of H-pyrrole nitrogens is 1. The Bertz CT molecular complexity index is 1660. The summed E-state index contributed by atoms with van der Waals surface area (Å²) in [6, 6.07) is 16.3. The van der Waals surface area contributed by atoms with Crippen LogP contribution in [0.3, 0.4) is 0 Å². The second-order valence-corrected chi connectivity index (χ2v) is 9.44. The van der Waals surface area contributed by atoms with Crippen LogP contribution in [0.15, 0.2) is 81.2 Å². The first-order valence-electron chi connectivity index (χ1n) is 10.6. The van der Waals surface area contributed by atoms with E-state index in [0.717, 1.165) is 6.07 Å². The summed E-state index contributed by atoms with van der Waals surface area (Å²) in [5.41, 5.74) is -0.323. The zero-order chi connectivity index (χ0) is 25.2. The highest BCUT2D eigenvalue weighted by atomic mass is 32.2. The fourth-order valence-corrected chi connectivity index (χ4v) is 4.95. The Balaban J connectivity index is 1.52. The maximum Gasteiger partial charge on any atom is 0.328 e. The van der Waals surface area contributed by atoms with Gasteiger partial charge in [-0.1, -0.05) is 30.3 Å². The van der Waals surface area contributed by atoms with Gasteiger partial charge in [-0.25, -0.2) is 17.6 Å². The van der Waals surface area contributed by atoms with Crippen LogP contribution in [0.2, 0.25) is 0 Å². The number of carbonyl (C=O) groups excluding carboxylic acids is 1. The molecule has 0 saturated heterocycles. The molecule has 9 nitrogen and oxygen atoms in total. The first-order valence-corrected chi connectivity index (χ1v) is 12.0. The quantitative estimate of drug-likeness (QED) is 0.362. The molecule has 1 amide bonds. The van der Waals surface area contributed by atoms with Crippen LogP contribution in [0.5, 0.6) is 0 Å². The molecule has 3 N–H and O–H groups in total. The van der Waals surface area contributed by atoms with Gasteiger partial charge in [0.25, 0.3) is 15.6 Å². The minimum absolute atomic E-state index is 0.00613. The smallest absolute Gasteiger partial charge is 0.326 e. The minimum Gasteiger partial charge on any atom is -0.326 e. The minimum atomic E-state index is -4.13. The van der Waals surface area contributed by atoms with Crippen LogP contribution >= 0.6 is 0 Å². The molecule has 0 aliphatic heterocycles. The number of anilines is 2. The highest BCUT2D eigenvalue weighted by Gasteiger charge is 2.20. The summed E-state index contributed by atoms with van der Waals surface area (Å²) in [5, 5.41) is 2.94. The van der Waals surface area contributed by atoms with Crippen molar-refractivity contribution in [2.45, 2.75) is 24.8 Å². The second kappa shape index (κ2) is 9.55. The molecule has 0 aliphatic rings. The summed E-state index contributed by atoms with van der Waals surface area (Å²) >= 11 is 0. The van der Waals surface area contributed by atoms with Crippen LogP contribution < -0.4 is 21.3 Å². The lowest BCUT2D eigenvalue weighted by molar-refractivity contribution is -0.116.